The average molecular weight is 423 g/mol. The maximum absolute atomic E-state index is 13.2. The van der Waals surface area contributed by atoms with Crippen LogP contribution in [0.25, 0.3) is 0 Å². The second kappa shape index (κ2) is 9.96. The van der Waals surface area contributed by atoms with Crippen LogP contribution in [0, 0.1) is 5.92 Å². The van der Waals surface area contributed by atoms with E-state index >= 15 is 0 Å². The second-order valence-electron chi connectivity index (χ2n) is 8.36. The highest BCUT2D eigenvalue weighted by Crippen LogP contribution is 2.48. The van der Waals surface area contributed by atoms with Gasteiger partial charge in [0.05, 0.1) is 18.9 Å². The van der Waals surface area contributed by atoms with E-state index in [1.54, 1.807) is 22.1 Å². The molecule has 1 aromatic heterocycles. The molecule has 6 nitrogen and oxygen atoms in total. The van der Waals surface area contributed by atoms with E-state index < -0.39 is 0 Å². The Morgan fingerprint density at radius 2 is 1.97 bits per heavy atom. The third-order valence-electron chi connectivity index (χ3n) is 6.05. The number of amides is 2. The molecule has 31 heavy (non-hydrogen) atoms. The Balaban J connectivity index is 1.41. The lowest BCUT2D eigenvalue weighted by atomic mass is 10.1. The summed E-state index contributed by atoms with van der Waals surface area (Å²) in [5.74, 6) is 0.824. The van der Waals surface area contributed by atoms with Crippen molar-refractivity contribution in [1.29, 1.82) is 0 Å². The van der Waals surface area contributed by atoms with Gasteiger partial charge < -0.3 is 19.0 Å². The first kappa shape index (κ1) is 21.4. The van der Waals surface area contributed by atoms with Crippen molar-refractivity contribution in [2.24, 2.45) is 5.92 Å². The number of hydrogen-bond acceptors (Lipinski definition) is 4. The zero-order valence-electron chi connectivity index (χ0n) is 17.8. The average Bonchev–Trinajstić information content (AvgIpc) is 3.12. The van der Waals surface area contributed by atoms with Crippen LogP contribution in [-0.4, -0.2) is 54.0 Å². The lowest BCUT2D eigenvalue weighted by molar-refractivity contribution is -0.142. The number of hydrogen-bond donors (Lipinski definition) is 0. The van der Waals surface area contributed by atoms with Crippen molar-refractivity contribution < 1.29 is 18.7 Å². The summed E-state index contributed by atoms with van der Waals surface area (Å²) in [5.41, 5.74) is 1.18. The van der Waals surface area contributed by atoms with Gasteiger partial charge in [-0.15, -0.1) is 6.58 Å². The van der Waals surface area contributed by atoms with Gasteiger partial charge in [-0.25, -0.2) is 0 Å². The maximum atomic E-state index is 13.2. The summed E-state index contributed by atoms with van der Waals surface area (Å²) in [4.78, 5) is 29.8. The molecule has 2 heterocycles. The van der Waals surface area contributed by atoms with E-state index in [0.29, 0.717) is 19.6 Å². The first-order valence-corrected chi connectivity index (χ1v) is 11.0. The fourth-order valence-electron chi connectivity index (χ4n) is 4.30. The Bertz CT molecular complexity index is 874. The Kier molecular flexibility index (Phi) is 6.87. The van der Waals surface area contributed by atoms with Crippen molar-refractivity contribution in [1.82, 2.24) is 9.80 Å². The van der Waals surface area contributed by atoms with Gasteiger partial charge in [-0.2, -0.15) is 0 Å². The van der Waals surface area contributed by atoms with Crippen molar-refractivity contribution in [2.75, 3.05) is 26.2 Å². The molecule has 1 saturated carbocycles. The molecule has 0 N–H and O–H groups in total. The standard InChI is InChI=1S/C25H30N2O4/c1-2-12-26(25(29)23-15-22(23)19-8-4-3-5-9-19)18-24(28)27(16-20-10-6-13-30-20)17-21-11-7-14-31-21/h2-6,8-10,13,21-23H,1,7,11-12,14-18H2. The highest BCUT2D eigenvalue weighted by atomic mass is 16.5. The van der Waals surface area contributed by atoms with Crippen LogP contribution in [0.1, 0.15) is 36.5 Å². The summed E-state index contributed by atoms with van der Waals surface area (Å²) in [6.45, 7) is 5.79. The van der Waals surface area contributed by atoms with Crippen LogP contribution in [0.2, 0.25) is 0 Å². The topological polar surface area (TPSA) is 63.0 Å². The molecule has 3 unspecified atom stereocenters. The van der Waals surface area contributed by atoms with E-state index in [9.17, 15) is 9.59 Å². The minimum absolute atomic E-state index is 0.0252. The molecule has 6 heteroatoms. The van der Waals surface area contributed by atoms with Gasteiger partial charge in [-0.05, 0) is 42.9 Å². The third-order valence-corrected chi connectivity index (χ3v) is 6.05. The highest BCUT2D eigenvalue weighted by Gasteiger charge is 2.45. The van der Waals surface area contributed by atoms with Gasteiger partial charge in [0, 0.05) is 25.6 Å². The quantitative estimate of drug-likeness (QED) is 0.549. The molecule has 164 valence electrons. The Hall–Kier alpha value is -2.86. The number of carbonyl (C=O) groups excluding carboxylic acids is 2. The van der Waals surface area contributed by atoms with Gasteiger partial charge in [-0.1, -0.05) is 36.4 Å². The number of furan rings is 1. The summed E-state index contributed by atoms with van der Waals surface area (Å²) in [5, 5.41) is 0. The summed E-state index contributed by atoms with van der Waals surface area (Å²) in [6.07, 6.45) is 6.11. The van der Waals surface area contributed by atoms with Crippen LogP contribution < -0.4 is 0 Å². The summed E-state index contributed by atoms with van der Waals surface area (Å²) >= 11 is 0. The molecule has 1 aliphatic heterocycles. The molecule has 2 amide bonds. The van der Waals surface area contributed by atoms with Crippen LogP contribution in [0.15, 0.2) is 65.8 Å². The molecule has 1 aliphatic carbocycles. The normalized spacial score (nSPS) is 22.1. The summed E-state index contributed by atoms with van der Waals surface area (Å²) in [6, 6.07) is 13.8. The van der Waals surface area contributed by atoms with Gasteiger partial charge in [0.2, 0.25) is 11.8 Å². The molecule has 2 fully saturated rings. The van der Waals surface area contributed by atoms with Crippen molar-refractivity contribution in [3.8, 4) is 0 Å². The summed E-state index contributed by atoms with van der Waals surface area (Å²) < 4.78 is 11.2. The Morgan fingerprint density at radius 1 is 1.13 bits per heavy atom. The van der Waals surface area contributed by atoms with E-state index in [1.807, 2.05) is 30.3 Å². The largest absolute Gasteiger partial charge is 0.467 e. The van der Waals surface area contributed by atoms with Crippen LogP contribution in [0.3, 0.4) is 0 Å². The molecule has 2 aliphatic rings. The Morgan fingerprint density at radius 3 is 2.65 bits per heavy atom. The zero-order chi connectivity index (χ0) is 21.6. The molecule has 2 aromatic rings. The van der Waals surface area contributed by atoms with Crippen molar-refractivity contribution in [3.63, 3.8) is 0 Å². The number of ether oxygens (including phenoxy) is 1. The fourth-order valence-corrected chi connectivity index (χ4v) is 4.30. The van der Waals surface area contributed by atoms with Gasteiger partial charge in [0.15, 0.2) is 0 Å². The van der Waals surface area contributed by atoms with Crippen LogP contribution >= 0.6 is 0 Å². The molecule has 1 aromatic carbocycles. The molecule has 0 radical (unpaired) electrons. The number of rotatable bonds is 10. The number of carbonyl (C=O) groups is 2. The fraction of sp³-hybridized carbons (Fsp3) is 0.440. The summed E-state index contributed by atoms with van der Waals surface area (Å²) in [7, 11) is 0. The smallest absolute Gasteiger partial charge is 0.242 e. The van der Waals surface area contributed by atoms with Crippen molar-refractivity contribution >= 4 is 11.8 Å². The maximum Gasteiger partial charge on any atom is 0.242 e. The molecule has 0 spiro atoms. The zero-order valence-corrected chi connectivity index (χ0v) is 17.8. The second-order valence-corrected chi connectivity index (χ2v) is 8.36. The number of nitrogens with zero attached hydrogens (tertiary/aromatic N) is 2. The highest BCUT2D eigenvalue weighted by molar-refractivity contribution is 5.88. The first-order valence-electron chi connectivity index (χ1n) is 11.0. The monoisotopic (exact) mass is 422 g/mol. The van der Waals surface area contributed by atoms with Gasteiger partial charge in [0.1, 0.15) is 12.3 Å². The predicted octanol–water partition coefficient (Wildman–Crippen LogP) is 3.61. The van der Waals surface area contributed by atoms with Crippen LogP contribution in [-0.2, 0) is 20.9 Å². The lowest BCUT2D eigenvalue weighted by Crippen LogP contribution is -2.45. The lowest BCUT2D eigenvalue weighted by Gasteiger charge is -2.28. The van der Waals surface area contributed by atoms with E-state index in [1.165, 1.54) is 5.56 Å². The molecule has 1 saturated heterocycles. The molecular weight excluding hydrogens is 392 g/mol. The Labute approximate surface area is 183 Å². The predicted molar refractivity (Wildman–Crippen MR) is 117 cm³/mol. The van der Waals surface area contributed by atoms with Gasteiger partial charge >= 0.3 is 0 Å². The SMILES string of the molecule is C=CCN(CC(=O)N(Cc1ccco1)CC1CCCO1)C(=O)C1CC1c1ccccc1. The van der Waals surface area contributed by atoms with Gasteiger partial charge in [0.25, 0.3) is 0 Å². The van der Waals surface area contributed by atoms with E-state index in [2.05, 4.69) is 18.7 Å². The number of benzene rings is 1. The van der Waals surface area contributed by atoms with E-state index in [0.717, 1.165) is 31.6 Å². The van der Waals surface area contributed by atoms with Crippen molar-refractivity contribution in [3.05, 3.63) is 72.7 Å². The van der Waals surface area contributed by atoms with E-state index in [-0.39, 0.29) is 36.3 Å². The van der Waals surface area contributed by atoms with Crippen LogP contribution in [0.4, 0.5) is 0 Å². The van der Waals surface area contributed by atoms with E-state index in [4.69, 9.17) is 9.15 Å². The molecular formula is C25H30N2O4. The van der Waals surface area contributed by atoms with Crippen LogP contribution in [0.5, 0.6) is 0 Å². The first-order chi connectivity index (χ1) is 15.2. The molecule has 3 atom stereocenters. The minimum Gasteiger partial charge on any atom is -0.467 e. The molecule has 0 bridgehead atoms. The molecule has 4 rings (SSSR count). The minimum atomic E-state index is -0.0981. The third kappa shape index (κ3) is 5.44. The van der Waals surface area contributed by atoms with Crippen molar-refractivity contribution in [2.45, 2.75) is 37.8 Å². The van der Waals surface area contributed by atoms with Gasteiger partial charge in [-0.3, -0.25) is 9.59 Å².